The van der Waals surface area contributed by atoms with Gasteiger partial charge in [-0.25, -0.2) is 16.5 Å². The third-order valence-corrected chi connectivity index (χ3v) is 4.06. The lowest BCUT2D eigenvalue weighted by atomic mass is 10.1. The summed E-state index contributed by atoms with van der Waals surface area (Å²) < 4.78 is 4.55. The van der Waals surface area contributed by atoms with Gasteiger partial charge in [0.1, 0.15) is 6.54 Å². The van der Waals surface area contributed by atoms with E-state index >= 15 is 0 Å². The highest BCUT2D eigenvalue weighted by atomic mass is 16.5. The summed E-state index contributed by atoms with van der Waals surface area (Å²) in [5.41, 5.74) is 14.9. The summed E-state index contributed by atoms with van der Waals surface area (Å²) in [6.45, 7) is -0.151. The molecule has 0 fully saturated rings. The van der Waals surface area contributed by atoms with Crippen molar-refractivity contribution in [2.45, 2.75) is 0 Å². The number of hydrogen-bond acceptors (Lipinski definition) is 9. The molecule has 10 nitrogen and oxygen atoms in total. The number of carboxylic acids is 1. The van der Waals surface area contributed by atoms with E-state index in [-0.39, 0.29) is 12.1 Å². The molecule has 0 aliphatic heterocycles. The van der Waals surface area contributed by atoms with E-state index in [0.29, 0.717) is 28.2 Å². The molecule has 0 heterocycles. The van der Waals surface area contributed by atoms with E-state index in [0.717, 1.165) is 5.01 Å². The van der Waals surface area contributed by atoms with E-state index < -0.39 is 11.9 Å². The molecule has 10 heteroatoms. The lowest BCUT2D eigenvalue weighted by Gasteiger charge is -2.16. The fourth-order valence-corrected chi connectivity index (χ4v) is 2.47. The van der Waals surface area contributed by atoms with Crippen LogP contribution in [0.25, 0.3) is 11.4 Å². The average molecular weight is 412 g/mol. The molecule has 0 bridgehead atoms. The zero-order valence-corrected chi connectivity index (χ0v) is 16.4. The van der Waals surface area contributed by atoms with Gasteiger partial charge in [0.2, 0.25) is 0 Å². The molecule has 30 heavy (non-hydrogen) atoms. The molecule has 9 N–H and O–H groups in total. The van der Waals surface area contributed by atoms with Gasteiger partial charge in [-0.1, -0.05) is 18.2 Å². The molecule has 0 radical (unpaired) electrons. The van der Waals surface area contributed by atoms with Crippen LogP contribution in [0, 0.1) is 0 Å². The maximum absolute atomic E-state index is 11.3. The predicted molar refractivity (Wildman–Crippen MR) is 114 cm³/mol. The van der Waals surface area contributed by atoms with Gasteiger partial charge in [0.05, 0.1) is 29.8 Å². The minimum Gasteiger partial charge on any atom is -0.478 e. The number of methoxy groups -OCH3 is 1. The Labute approximate surface area is 173 Å². The summed E-state index contributed by atoms with van der Waals surface area (Å²) in [7, 11) is 1.27. The SMILES string of the molecule is COC(=O)CN(N)/C=C(\N)c1cccc(/C(N)=C/N(N)c2ccc(C(=O)O)cc2)c1. The van der Waals surface area contributed by atoms with Gasteiger partial charge in [-0.2, -0.15) is 0 Å². The first-order chi connectivity index (χ1) is 14.2. The van der Waals surface area contributed by atoms with Crippen LogP contribution in [0.15, 0.2) is 60.9 Å². The molecule has 0 atom stereocenters. The van der Waals surface area contributed by atoms with E-state index in [4.69, 9.17) is 28.3 Å². The van der Waals surface area contributed by atoms with Gasteiger partial charge in [-0.05, 0) is 41.5 Å². The van der Waals surface area contributed by atoms with Crippen molar-refractivity contribution in [1.29, 1.82) is 0 Å². The number of aromatic carboxylic acids is 1. The second kappa shape index (κ2) is 9.96. The van der Waals surface area contributed by atoms with Gasteiger partial charge in [0.25, 0.3) is 0 Å². The summed E-state index contributed by atoms with van der Waals surface area (Å²) in [4.78, 5) is 22.2. The van der Waals surface area contributed by atoms with Crippen molar-refractivity contribution >= 4 is 29.0 Å². The highest BCUT2D eigenvalue weighted by molar-refractivity contribution is 5.88. The second-order valence-electron chi connectivity index (χ2n) is 6.26. The monoisotopic (exact) mass is 412 g/mol. The smallest absolute Gasteiger partial charge is 0.335 e. The third kappa shape index (κ3) is 5.99. The lowest BCUT2D eigenvalue weighted by Crippen LogP contribution is -2.32. The summed E-state index contributed by atoms with van der Waals surface area (Å²) in [5.74, 6) is 10.2. The van der Waals surface area contributed by atoms with E-state index in [9.17, 15) is 9.59 Å². The first kappa shape index (κ1) is 22.3. The molecule has 0 saturated heterocycles. The molecule has 0 unspecified atom stereocenters. The van der Waals surface area contributed by atoms with Crippen molar-refractivity contribution in [3.8, 4) is 0 Å². The molecule has 0 aliphatic rings. The molecule has 2 rings (SSSR count). The van der Waals surface area contributed by atoms with Crippen LogP contribution in [0.1, 0.15) is 21.5 Å². The Hall–Kier alpha value is -4.02. The van der Waals surface area contributed by atoms with E-state index in [1.54, 1.807) is 36.4 Å². The quantitative estimate of drug-likeness (QED) is 0.235. The zero-order valence-electron chi connectivity index (χ0n) is 16.4. The molecular weight excluding hydrogens is 388 g/mol. The number of nitrogens with two attached hydrogens (primary N) is 4. The minimum absolute atomic E-state index is 0.151. The molecule has 158 valence electrons. The highest BCUT2D eigenvalue weighted by Crippen LogP contribution is 2.18. The van der Waals surface area contributed by atoms with Crippen molar-refractivity contribution in [3.05, 3.63) is 77.6 Å². The number of nitrogens with zero attached hydrogens (tertiary/aromatic N) is 2. The topological polar surface area (TPSA) is 174 Å². The third-order valence-electron chi connectivity index (χ3n) is 4.06. The first-order valence-electron chi connectivity index (χ1n) is 8.72. The van der Waals surface area contributed by atoms with Gasteiger partial charge in [0.15, 0.2) is 0 Å². The summed E-state index contributed by atoms with van der Waals surface area (Å²) in [5, 5.41) is 11.4. The van der Waals surface area contributed by atoms with Crippen LogP contribution in [0.2, 0.25) is 0 Å². The van der Waals surface area contributed by atoms with Crippen LogP contribution in [-0.2, 0) is 9.53 Å². The molecule has 2 aromatic carbocycles. The van der Waals surface area contributed by atoms with E-state index in [1.807, 2.05) is 0 Å². The summed E-state index contributed by atoms with van der Waals surface area (Å²) in [6, 6.07) is 13.1. The Morgan fingerprint density at radius 2 is 1.53 bits per heavy atom. The van der Waals surface area contributed by atoms with E-state index in [1.165, 1.54) is 36.7 Å². The zero-order chi connectivity index (χ0) is 22.3. The molecule has 0 aliphatic carbocycles. The number of carbonyl (C=O) groups is 2. The fraction of sp³-hybridized carbons (Fsp3) is 0.100. The average Bonchev–Trinajstić information content (AvgIpc) is 2.73. The van der Waals surface area contributed by atoms with Crippen LogP contribution in [-0.4, -0.2) is 35.7 Å². The maximum Gasteiger partial charge on any atom is 0.335 e. The number of ether oxygens (including phenoxy) is 1. The van der Waals surface area contributed by atoms with Gasteiger partial charge >= 0.3 is 11.9 Å². The summed E-state index contributed by atoms with van der Waals surface area (Å²) in [6.07, 6.45) is 2.91. The van der Waals surface area contributed by atoms with Crippen molar-refractivity contribution in [2.75, 3.05) is 18.7 Å². The standard InChI is InChI=1S/C20H24N6O4/c1-30-19(27)12-25(23)10-17(21)14-3-2-4-15(9-14)18(22)11-26(24)16-7-5-13(6-8-16)20(28)29/h2-11H,12,21-24H2,1H3,(H,28,29)/b17-10-,18-11-. The number of anilines is 1. The van der Waals surface area contributed by atoms with Gasteiger partial charge in [0, 0.05) is 12.4 Å². The molecule has 0 saturated carbocycles. The Balaban J connectivity index is 2.19. The minimum atomic E-state index is -1.02. The Morgan fingerprint density at radius 1 is 0.967 bits per heavy atom. The van der Waals surface area contributed by atoms with Crippen molar-refractivity contribution in [3.63, 3.8) is 0 Å². The molecule has 0 spiro atoms. The van der Waals surface area contributed by atoms with Gasteiger partial charge < -0.3 is 26.3 Å². The van der Waals surface area contributed by atoms with E-state index in [2.05, 4.69) is 4.74 Å². The van der Waals surface area contributed by atoms with Gasteiger partial charge in [-0.15, -0.1) is 0 Å². The highest BCUT2D eigenvalue weighted by Gasteiger charge is 2.08. The number of hydrazine groups is 2. The second-order valence-corrected chi connectivity index (χ2v) is 6.26. The van der Waals surface area contributed by atoms with Crippen LogP contribution in [0.5, 0.6) is 0 Å². The molecular formula is C20H24N6O4. The van der Waals surface area contributed by atoms with Crippen molar-refractivity contribution < 1.29 is 19.4 Å². The van der Waals surface area contributed by atoms with Crippen molar-refractivity contribution in [1.82, 2.24) is 5.01 Å². The van der Waals surface area contributed by atoms with Crippen molar-refractivity contribution in [2.24, 2.45) is 23.2 Å². The van der Waals surface area contributed by atoms with Crippen LogP contribution < -0.4 is 28.2 Å². The Kier molecular flexibility index (Phi) is 7.39. The Bertz CT molecular complexity index is 972. The predicted octanol–water partition coefficient (Wildman–Crippen LogP) is 0.628. The number of rotatable bonds is 8. The van der Waals surface area contributed by atoms with Crippen LogP contribution in [0.4, 0.5) is 5.69 Å². The molecule has 0 aromatic heterocycles. The lowest BCUT2D eigenvalue weighted by molar-refractivity contribution is -0.141. The summed E-state index contributed by atoms with van der Waals surface area (Å²) >= 11 is 0. The maximum atomic E-state index is 11.3. The first-order valence-corrected chi connectivity index (χ1v) is 8.72. The normalized spacial score (nSPS) is 11.7. The number of esters is 1. The fourth-order valence-electron chi connectivity index (χ4n) is 2.47. The number of carbonyl (C=O) groups excluding carboxylic acids is 1. The number of carboxylic acid groups (broad SMARTS) is 1. The number of hydrogen-bond donors (Lipinski definition) is 5. The van der Waals surface area contributed by atoms with Crippen LogP contribution in [0.3, 0.4) is 0 Å². The molecule has 2 aromatic rings. The number of benzene rings is 2. The largest absolute Gasteiger partial charge is 0.478 e. The van der Waals surface area contributed by atoms with Gasteiger partial charge in [-0.3, -0.25) is 9.80 Å². The Morgan fingerprint density at radius 3 is 2.07 bits per heavy atom. The molecule has 0 amide bonds. The van der Waals surface area contributed by atoms with Crippen LogP contribution >= 0.6 is 0 Å².